The van der Waals surface area contributed by atoms with Gasteiger partial charge in [0.2, 0.25) is 11.8 Å². The summed E-state index contributed by atoms with van der Waals surface area (Å²) < 4.78 is 0. The van der Waals surface area contributed by atoms with Crippen LogP contribution in [0.2, 0.25) is 0 Å². The standard InChI is InChI=1S/C21H28N4O6/c1-21(2,3)17(24-20(30)31)19(29)25-10-14(27)8-16(25)18(28)23-15(11-26)13-6-4-12(9-22)5-7-13/h4-7,14-17,24,26-27H,8,10-11H2,1-3H3,(H,23,28)(H,30,31)/t14-,15+,16+,17-/m1/s1. The number of nitrogens with zero attached hydrogens (tertiary/aromatic N) is 2. The van der Waals surface area contributed by atoms with E-state index in [0.717, 1.165) is 0 Å². The van der Waals surface area contributed by atoms with Crippen LogP contribution < -0.4 is 10.6 Å². The van der Waals surface area contributed by atoms with Crippen LogP contribution in [0.1, 0.15) is 44.4 Å². The molecule has 0 aromatic heterocycles. The molecule has 4 atom stereocenters. The SMILES string of the molecule is CC(C)(C)[C@H](NC(=O)O)C(=O)N1C[C@H](O)C[C@H]1C(=O)N[C@@H](CO)c1ccc(C#N)cc1. The molecule has 2 rings (SSSR count). The molecule has 3 amide bonds. The molecule has 1 fully saturated rings. The van der Waals surface area contributed by atoms with Crippen molar-refractivity contribution in [2.75, 3.05) is 13.2 Å². The molecule has 0 unspecified atom stereocenters. The van der Waals surface area contributed by atoms with Crippen molar-refractivity contribution < 1.29 is 29.7 Å². The smallest absolute Gasteiger partial charge is 0.405 e. The minimum absolute atomic E-state index is 0.00692. The van der Waals surface area contributed by atoms with Crippen molar-refractivity contribution in [3.05, 3.63) is 35.4 Å². The second kappa shape index (κ2) is 9.76. The number of carboxylic acid groups (broad SMARTS) is 1. The van der Waals surface area contributed by atoms with Crippen molar-refractivity contribution in [1.29, 1.82) is 5.26 Å². The van der Waals surface area contributed by atoms with Gasteiger partial charge < -0.3 is 30.9 Å². The van der Waals surface area contributed by atoms with Crippen molar-refractivity contribution in [2.24, 2.45) is 5.41 Å². The van der Waals surface area contributed by atoms with E-state index in [9.17, 15) is 24.6 Å². The Bertz CT molecular complexity index is 858. The zero-order valence-electron chi connectivity index (χ0n) is 17.7. The van der Waals surface area contributed by atoms with Gasteiger partial charge >= 0.3 is 6.09 Å². The van der Waals surface area contributed by atoms with E-state index in [1.54, 1.807) is 45.0 Å². The van der Waals surface area contributed by atoms with Crippen molar-refractivity contribution in [3.8, 4) is 6.07 Å². The number of likely N-dealkylation sites (tertiary alicyclic amines) is 1. The molecule has 5 N–H and O–H groups in total. The van der Waals surface area contributed by atoms with E-state index >= 15 is 0 Å². The number of nitrogens with one attached hydrogen (secondary N) is 2. The fourth-order valence-electron chi connectivity index (χ4n) is 3.54. The van der Waals surface area contributed by atoms with Gasteiger partial charge in [-0.1, -0.05) is 32.9 Å². The van der Waals surface area contributed by atoms with Gasteiger partial charge in [-0.25, -0.2) is 4.79 Å². The van der Waals surface area contributed by atoms with Gasteiger partial charge in [0.1, 0.15) is 12.1 Å². The number of nitriles is 1. The number of benzene rings is 1. The van der Waals surface area contributed by atoms with Crippen molar-refractivity contribution in [1.82, 2.24) is 15.5 Å². The Morgan fingerprint density at radius 3 is 2.32 bits per heavy atom. The summed E-state index contributed by atoms with van der Waals surface area (Å²) in [4.78, 5) is 38.4. The molecule has 1 saturated heterocycles. The monoisotopic (exact) mass is 432 g/mol. The molecule has 1 aromatic carbocycles. The third-order valence-electron chi connectivity index (χ3n) is 5.19. The van der Waals surface area contributed by atoms with Gasteiger partial charge in [0.25, 0.3) is 0 Å². The number of aliphatic hydroxyl groups is 2. The molecule has 31 heavy (non-hydrogen) atoms. The second-order valence-electron chi connectivity index (χ2n) is 8.62. The first-order valence-corrected chi connectivity index (χ1v) is 9.87. The van der Waals surface area contributed by atoms with Crippen LogP contribution in [0.5, 0.6) is 0 Å². The van der Waals surface area contributed by atoms with Crippen molar-refractivity contribution in [3.63, 3.8) is 0 Å². The van der Waals surface area contributed by atoms with Crippen molar-refractivity contribution in [2.45, 2.75) is 51.4 Å². The molecule has 1 aliphatic rings. The maximum atomic E-state index is 13.1. The van der Waals surface area contributed by atoms with Gasteiger partial charge in [0.05, 0.1) is 30.4 Å². The minimum Gasteiger partial charge on any atom is -0.465 e. The highest BCUT2D eigenvalue weighted by Gasteiger charge is 2.44. The Hall–Kier alpha value is -3.16. The predicted octanol–water partition coefficient (Wildman–Crippen LogP) is 0.352. The average Bonchev–Trinajstić information content (AvgIpc) is 3.10. The molecule has 0 radical (unpaired) electrons. The van der Waals surface area contributed by atoms with Crippen LogP contribution in [-0.2, 0) is 9.59 Å². The number of carbonyl (C=O) groups is 3. The third kappa shape index (κ3) is 5.93. The zero-order chi connectivity index (χ0) is 23.3. The van der Waals surface area contributed by atoms with E-state index in [2.05, 4.69) is 10.6 Å². The highest BCUT2D eigenvalue weighted by molar-refractivity contribution is 5.92. The molecular formula is C21H28N4O6. The molecule has 1 aromatic rings. The summed E-state index contributed by atoms with van der Waals surface area (Å²) in [5.74, 6) is -1.18. The Morgan fingerprint density at radius 2 is 1.84 bits per heavy atom. The maximum absolute atomic E-state index is 13.1. The van der Waals surface area contributed by atoms with Crippen LogP contribution in [-0.4, -0.2) is 69.5 Å². The van der Waals surface area contributed by atoms with Crippen LogP contribution in [0.25, 0.3) is 0 Å². The Kier molecular flexibility index (Phi) is 7.60. The van der Waals surface area contributed by atoms with Gasteiger partial charge in [0, 0.05) is 13.0 Å². The van der Waals surface area contributed by atoms with Crippen molar-refractivity contribution >= 4 is 17.9 Å². The topological polar surface area (TPSA) is 163 Å². The summed E-state index contributed by atoms with van der Waals surface area (Å²) in [7, 11) is 0. The number of hydrogen-bond donors (Lipinski definition) is 5. The molecule has 10 nitrogen and oxygen atoms in total. The quantitative estimate of drug-likeness (QED) is 0.433. The van der Waals surface area contributed by atoms with E-state index in [1.807, 2.05) is 6.07 Å². The summed E-state index contributed by atoms with van der Waals surface area (Å²) in [6.07, 6.45) is -2.31. The molecular weight excluding hydrogens is 404 g/mol. The molecule has 0 aliphatic carbocycles. The van der Waals surface area contributed by atoms with E-state index in [4.69, 9.17) is 10.4 Å². The highest BCUT2D eigenvalue weighted by atomic mass is 16.4. The van der Waals surface area contributed by atoms with E-state index < -0.39 is 54.2 Å². The maximum Gasteiger partial charge on any atom is 0.405 e. The molecule has 168 valence electrons. The van der Waals surface area contributed by atoms with E-state index in [0.29, 0.717) is 11.1 Å². The Morgan fingerprint density at radius 1 is 1.23 bits per heavy atom. The second-order valence-corrected chi connectivity index (χ2v) is 8.62. The Balaban J connectivity index is 2.21. The van der Waals surface area contributed by atoms with Gasteiger partial charge in [0.15, 0.2) is 0 Å². The fourth-order valence-corrected chi connectivity index (χ4v) is 3.54. The number of amides is 3. The molecule has 1 aliphatic heterocycles. The Labute approximate surface area is 180 Å². The summed E-state index contributed by atoms with van der Waals surface area (Å²) >= 11 is 0. The largest absolute Gasteiger partial charge is 0.465 e. The fraction of sp³-hybridized carbons (Fsp3) is 0.524. The number of hydrogen-bond acceptors (Lipinski definition) is 6. The van der Waals surface area contributed by atoms with E-state index in [1.165, 1.54) is 4.90 Å². The summed E-state index contributed by atoms with van der Waals surface area (Å²) in [5.41, 5.74) is 0.244. The minimum atomic E-state index is -1.37. The first-order valence-electron chi connectivity index (χ1n) is 9.87. The number of rotatable bonds is 6. The summed E-state index contributed by atoms with van der Waals surface area (Å²) in [6, 6.07) is 5.42. The zero-order valence-corrected chi connectivity index (χ0v) is 17.7. The molecule has 10 heteroatoms. The molecule has 0 bridgehead atoms. The van der Waals surface area contributed by atoms with Crippen LogP contribution in [0.4, 0.5) is 4.79 Å². The average molecular weight is 432 g/mol. The van der Waals surface area contributed by atoms with Crippen LogP contribution in [0.15, 0.2) is 24.3 Å². The normalized spacial score (nSPS) is 20.5. The predicted molar refractivity (Wildman–Crippen MR) is 110 cm³/mol. The third-order valence-corrected chi connectivity index (χ3v) is 5.19. The molecule has 0 saturated carbocycles. The van der Waals surface area contributed by atoms with Gasteiger partial charge in [-0.15, -0.1) is 0 Å². The lowest BCUT2D eigenvalue weighted by Gasteiger charge is -2.35. The summed E-state index contributed by atoms with van der Waals surface area (Å²) in [6.45, 7) is 4.57. The van der Waals surface area contributed by atoms with Crippen LogP contribution in [0.3, 0.4) is 0 Å². The number of aliphatic hydroxyl groups excluding tert-OH is 2. The van der Waals surface area contributed by atoms with E-state index in [-0.39, 0.29) is 13.0 Å². The lowest BCUT2D eigenvalue weighted by Crippen LogP contribution is -2.57. The number of carbonyl (C=O) groups excluding carboxylic acids is 2. The molecule has 0 spiro atoms. The molecule has 1 heterocycles. The van der Waals surface area contributed by atoms with Crippen LogP contribution >= 0.6 is 0 Å². The first-order chi connectivity index (χ1) is 14.5. The summed E-state index contributed by atoms with van der Waals surface area (Å²) in [5, 5.41) is 42.7. The lowest BCUT2D eigenvalue weighted by atomic mass is 9.85. The lowest BCUT2D eigenvalue weighted by molar-refractivity contribution is -0.142. The first kappa shape index (κ1) is 24.1. The van der Waals surface area contributed by atoms with Crippen LogP contribution in [0, 0.1) is 16.7 Å². The van der Waals surface area contributed by atoms with Gasteiger partial charge in [-0.2, -0.15) is 5.26 Å². The van der Waals surface area contributed by atoms with Gasteiger partial charge in [-0.3, -0.25) is 9.59 Å². The highest BCUT2D eigenvalue weighted by Crippen LogP contribution is 2.26. The van der Waals surface area contributed by atoms with Gasteiger partial charge in [-0.05, 0) is 23.1 Å². The number of β-amino-alcohol motifs (C(OH)–C–C–N with tert-alkyl or cyclic N) is 1.